The highest BCUT2D eigenvalue weighted by Crippen LogP contribution is 2.36. The zero-order chi connectivity index (χ0) is 14.8. The van der Waals surface area contributed by atoms with E-state index < -0.39 is 11.7 Å². The van der Waals surface area contributed by atoms with Gasteiger partial charge < -0.3 is 9.30 Å². The van der Waals surface area contributed by atoms with E-state index in [-0.39, 0.29) is 18.4 Å². The Hall–Kier alpha value is -1.98. The van der Waals surface area contributed by atoms with Gasteiger partial charge in [-0.25, -0.2) is 4.98 Å². The highest BCUT2D eigenvalue weighted by molar-refractivity contribution is 5.35. The number of hydrogen-bond acceptors (Lipinski definition) is 2. The summed E-state index contributed by atoms with van der Waals surface area (Å²) in [4.78, 5) is 4.10. The van der Waals surface area contributed by atoms with Gasteiger partial charge in [-0.2, -0.15) is 13.2 Å². The number of benzene rings is 1. The molecule has 2 rings (SSSR count). The minimum atomic E-state index is -4.43. The maximum Gasteiger partial charge on any atom is 0.419 e. The Balaban J connectivity index is 2.18. The molecule has 0 saturated carbocycles. The van der Waals surface area contributed by atoms with Gasteiger partial charge in [0.1, 0.15) is 18.2 Å². The van der Waals surface area contributed by atoms with Crippen molar-refractivity contribution >= 4 is 0 Å². The summed E-state index contributed by atoms with van der Waals surface area (Å²) in [5.41, 5.74) is -0.775. The number of nitrogens with zero attached hydrogens (tertiary/aromatic N) is 2. The third kappa shape index (κ3) is 3.12. The van der Waals surface area contributed by atoms with Gasteiger partial charge in [-0.3, -0.25) is 0 Å². The number of alkyl halides is 3. The summed E-state index contributed by atoms with van der Waals surface area (Å²) in [5.74, 6) is 0.412. The Labute approximate surface area is 115 Å². The molecule has 20 heavy (non-hydrogen) atoms. The van der Waals surface area contributed by atoms with Crippen molar-refractivity contribution in [3.63, 3.8) is 0 Å². The van der Waals surface area contributed by atoms with Gasteiger partial charge in [0.05, 0.1) is 5.56 Å². The molecule has 6 heteroatoms. The normalized spacial score (nSPS) is 11.9. The predicted molar refractivity (Wildman–Crippen MR) is 68.4 cm³/mol. The first-order valence-electron chi connectivity index (χ1n) is 6.20. The monoisotopic (exact) mass is 284 g/mol. The fourth-order valence-corrected chi connectivity index (χ4v) is 1.89. The number of para-hydroxylation sites is 1. The lowest BCUT2D eigenvalue weighted by molar-refractivity contribution is -0.139. The third-order valence-electron chi connectivity index (χ3n) is 2.85. The molecule has 0 fully saturated rings. The summed E-state index contributed by atoms with van der Waals surface area (Å²) in [5, 5.41) is 0. The molecule has 1 aromatic heterocycles. The van der Waals surface area contributed by atoms with Crippen molar-refractivity contribution in [2.75, 3.05) is 0 Å². The van der Waals surface area contributed by atoms with Crippen molar-refractivity contribution in [3.05, 3.63) is 48.0 Å². The lowest BCUT2D eigenvalue weighted by Crippen LogP contribution is -2.11. The van der Waals surface area contributed by atoms with Crippen molar-refractivity contribution in [1.82, 2.24) is 9.55 Å². The molecule has 0 aliphatic heterocycles. The molecule has 0 aliphatic carbocycles. The molecular weight excluding hydrogens is 269 g/mol. The zero-order valence-electron chi connectivity index (χ0n) is 11.2. The topological polar surface area (TPSA) is 27.1 Å². The first-order chi connectivity index (χ1) is 9.39. The molecule has 0 amide bonds. The van der Waals surface area contributed by atoms with Crippen molar-refractivity contribution < 1.29 is 17.9 Å². The van der Waals surface area contributed by atoms with Crippen LogP contribution in [0.4, 0.5) is 13.2 Å². The summed E-state index contributed by atoms with van der Waals surface area (Å²) in [6.07, 6.45) is -1.04. The van der Waals surface area contributed by atoms with Gasteiger partial charge in [-0.1, -0.05) is 12.1 Å². The molecule has 0 unspecified atom stereocenters. The van der Waals surface area contributed by atoms with Crippen LogP contribution in [0.3, 0.4) is 0 Å². The standard InChI is InChI=1S/C14H15F3N2O/c1-10(2)19-8-7-18-13(19)9-20-12-6-4-3-5-11(12)14(15,16)17/h3-8,10H,9H2,1-2H3. The summed E-state index contributed by atoms with van der Waals surface area (Å²) < 4.78 is 45.6. The number of hydrogen-bond donors (Lipinski definition) is 0. The summed E-state index contributed by atoms with van der Waals surface area (Å²) in [6, 6.07) is 5.34. The predicted octanol–water partition coefficient (Wildman–Crippen LogP) is 4.06. The van der Waals surface area contributed by atoms with Crippen LogP contribution in [0.5, 0.6) is 5.75 Å². The molecule has 0 bridgehead atoms. The lowest BCUT2D eigenvalue weighted by Gasteiger charge is -2.15. The fourth-order valence-electron chi connectivity index (χ4n) is 1.89. The van der Waals surface area contributed by atoms with Crippen LogP contribution in [-0.4, -0.2) is 9.55 Å². The number of imidazole rings is 1. The van der Waals surface area contributed by atoms with E-state index >= 15 is 0 Å². The summed E-state index contributed by atoms with van der Waals surface area (Å²) >= 11 is 0. The van der Waals surface area contributed by atoms with E-state index in [2.05, 4.69) is 4.98 Å². The second-order valence-electron chi connectivity index (χ2n) is 4.63. The quantitative estimate of drug-likeness (QED) is 0.846. The maximum atomic E-state index is 12.8. The van der Waals surface area contributed by atoms with Crippen LogP contribution in [0, 0.1) is 0 Å². The van der Waals surface area contributed by atoms with Crippen molar-refractivity contribution in [3.8, 4) is 5.75 Å². The van der Waals surface area contributed by atoms with Crippen molar-refractivity contribution in [1.29, 1.82) is 0 Å². The lowest BCUT2D eigenvalue weighted by atomic mass is 10.2. The fraction of sp³-hybridized carbons (Fsp3) is 0.357. The largest absolute Gasteiger partial charge is 0.485 e. The van der Waals surface area contributed by atoms with Gasteiger partial charge >= 0.3 is 6.18 Å². The van der Waals surface area contributed by atoms with Gasteiger partial charge in [-0.05, 0) is 26.0 Å². The van der Waals surface area contributed by atoms with Crippen LogP contribution in [0.2, 0.25) is 0 Å². The van der Waals surface area contributed by atoms with Crippen LogP contribution < -0.4 is 4.74 Å². The average Bonchev–Trinajstić information content (AvgIpc) is 2.84. The molecule has 0 atom stereocenters. The molecule has 108 valence electrons. The van der Waals surface area contributed by atoms with E-state index in [9.17, 15) is 13.2 Å². The molecule has 0 radical (unpaired) electrons. The van der Waals surface area contributed by atoms with Crippen LogP contribution >= 0.6 is 0 Å². The second kappa shape index (κ2) is 5.56. The van der Waals surface area contributed by atoms with E-state index in [1.54, 1.807) is 12.4 Å². The molecule has 0 aliphatic rings. The summed E-state index contributed by atoms with van der Waals surface area (Å²) in [6.45, 7) is 3.93. The maximum absolute atomic E-state index is 12.8. The Morgan fingerprint density at radius 1 is 1.25 bits per heavy atom. The molecule has 0 N–H and O–H groups in total. The number of aromatic nitrogens is 2. The molecule has 0 spiro atoms. The van der Waals surface area contributed by atoms with E-state index in [0.29, 0.717) is 5.82 Å². The second-order valence-corrected chi connectivity index (χ2v) is 4.63. The smallest absolute Gasteiger partial charge is 0.419 e. The number of ether oxygens (including phenoxy) is 1. The van der Waals surface area contributed by atoms with Crippen molar-refractivity contribution in [2.24, 2.45) is 0 Å². The molecule has 1 heterocycles. The van der Waals surface area contributed by atoms with Gasteiger partial charge in [0.2, 0.25) is 0 Å². The third-order valence-corrected chi connectivity index (χ3v) is 2.85. The minimum Gasteiger partial charge on any atom is -0.485 e. The summed E-state index contributed by atoms with van der Waals surface area (Å²) in [7, 11) is 0. The SMILES string of the molecule is CC(C)n1ccnc1COc1ccccc1C(F)(F)F. The molecule has 0 saturated heterocycles. The molecule has 1 aromatic carbocycles. The van der Waals surface area contributed by atoms with E-state index in [4.69, 9.17) is 4.74 Å². The first-order valence-corrected chi connectivity index (χ1v) is 6.20. The van der Waals surface area contributed by atoms with Crippen LogP contribution in [-0.2, 0) is 12.8 Å². The van der Waals surface area contributed by atoms with Gasteiger partial charge in [0, 0.05) is 18.4 Å². The Bertz CT molecular complexity index is 576. The van der Waals surface area contributed by atoms with Gasteiger partial charge in [0.25, 0.3) is 0 Å². The highest BCUT2D eigenvalue weighted by atomic mass is 19.4. The van der Waals surface area contributed by atoms with Crippen LogP contribution in [0.1, 0.15) is 31.3 Å². The van der Waals surface area contributed by atoms with Gasteiger partial charge in [-0.15, -0.1) is 0 Å². The Morgan fingerprint density at radius 3 is 2.60 bits per heavy atom. The van der Waals surface area contributed by atoms with Crippen molar-refractivity contribution in [2.45, 2.75) is 32.7 Å². The van der Waals surface area contributed by atoms with Crippen LogP contribution in [0.15, 0.2) is 36.7 Å². The molecule has 2 aromatic rings. The van der Waals surface area contributed by atoms with Crippen LogP contribution in [0.25, 0.3) is 0 Å². The molecular formula is C14H15F3N2O. The van der Waals surface area contributed by atoms with Gasteiger partial charge in [0.15, 0.2) is 0 Å². The van der Waals surface area contributed by atoms with E-state index in [1.165, 1.54) is 18.2 Å². The Morgan fingerprint density at radius 2 is 1.95 bits per heavy atom. The first kappa shape index (κ1) is 14.4. The number of rotatable bonds is 4. The highest BCUT2D eigenvalue weighted by Gasteiger charge is 2.34. The minimum absolute atomic E-state index is 0.00171. The van der Waals surface area contributed by atoms with E-state index in [0.717, 1.165) is 6.07 Å². The number of halogens is 3. The zero-order valence-corrected chi connectivity index (χ0v) is 11.2. The Kier molecular flexibility index (Phi) is 4.01. The average molecular weight is 284 g/mol. The van der Waals surface area contributed by atoms with E-state index in [1.807, 2.05) is 18.4 Å². The molecule has 3 nitrogen and oxygen atoms in total.